The lowest BCUT2D eigenvalue weighted by molar-refractivity contribution is -0.480. The number of aromatic nitrogens is 2. The Labute approximate surface area is 230 Å². The molecule has 0 N–H and O–H groups in total. The average Bonchev–Trinajstić information content (AvgIpc) is 3.60. The van der Waals surface area contributed by atoms with E-state index in [-0.39, 0.29) is 17.5 Å². The highest BCUT2D eigenvalue weighted by atomic mass is 19.4. The fraction of sp³-hybridized carbons (Fsp3) is 0.483. The second kappa shape index (κ2) is 10.6. The van der Waals surface area contributed by atoms with Crippen LogP contribution in [0.3, 0.4) is 0 Å². The van der Waals surface area contributed by atoms with Crippen molar-refractivity contribution in [2.75, 3.05) is 27.3 Å². The molecule has 1 aromatic carbocycles. The van der Waals surface area contributed by atoms with Crippen molar-refractivity contribution in [3.8, 4) is 5.69 Å². The largest absolute Gasteiger partial charge is 0.418 e. The first kappa shape index (κ1) is 26.9. The van der Waals surface area contributed by atoms with E-state index in [0.717, 1.165) is 54.8 Å². The van der Waals surface area contributed by atoms with Crippen LogP contribution in [0.4, 0.5) is 13.2 Å². The van der Waals surface area contributed by atoms with Gasteiger partial charge in [-0.15, -0.1) is 0 Å². The number of nitrogens with zero attached hydrogens (tertiary/aromatic N) is 6. The van der Waals surface area contributed by atoms with Crippen molar-refractivity contribution in [2.45, 2.75) is 56.8 Å². The molecule has 2 aromatic heterocycles. The monoisotopic (exact) mass is 554 g/mol. The number of pyridine rings is 1. The number of halogens is 3. The van der Waals surface area contributed by atoms with Crippen molar-refractivity contribution >= 4 is 11.9 Å². The normalized spacial score (nSPS) is 21.3. The number of hydrogen-bond acceptors (Lipinski definition) is 5. The van der Waals surface area contributed by atoms with Gasteiger partial charge in [0.25, 0.3) is 0 Å². The topological polar surface area (TPSA) is 66.6 Å². The molecule has 2 atom stereocenters. The summed E-state index contributed by atoms with van der Waals surface area (Å²) in [5.74, 6) is 0.390. The van der Waals surface area contributed by atoms with Crippen molar-refractivity contribution in [1.82, 2.24) is 13.9 Å². The Kier molecular flexibility index (Phi) is 7.12. The molecule has 6 rings (SSSR count). The number of rotatable bonds is 8. The third kappa shape index (κ3) is 4.89. The highest BCUT2D eigenvalue weighted by Crippen LogP contribution is 2.46. The SMILES string of the molecule is COC[C@H]1CCCN1Cc1cc(C(F)(F)F)c2cn(-c3cccc([C@@H]([C]4N=NC=[N+]4C)C4CCC4)c3)c(=O)n2c1. The van der Waals surface area contributed by atoms with E-state index in [1.807, 2.05) is 29.8 Å². The quantitative estimate of drug-likeness (QED) is 0.358. The molecule has 0 bridgehead atoms. The Morgan fingerprint density at radius 2 is 1.98 bits per heavy atom. The zero-order valence-corrected chi connectivity index (χ0v) is 22.6. The highest BCUT2D eigenvalue weighted by Gasteiger charge is 2.42. The van der Waals surface area contributed by atoms with Gasteiger partial charge in [0.2, 0.25) is 0 Å². The second-order valence-electron chi connectivity index (χ2n) is 11.1. The summed E-state index contributed by atoms with van der Waals surface area (Å²) in [6.45, 7) is 1.63. The molecule has 3 aromatic rings. The summed E-state index contributed by atoms with van der Waals surface area (Å²) in [5.41, 5.74) is 0.427. The Bertz CT molecular complexity index is 1520. The third-order valence-corrected chi connectivity index (χ3v) is 8.53. The van der Waals surface area contributed by atoms with Crippen LogP contribution >= 0.6 is 0 Å². The van der Waals surface area contributed by atoms with Gasteiger partial charge in [0.1, 0.15) is 0 Å². The molecule has 8 nitrogen and oxygen atoms in total. The number of benzene rings is 1. The van der Waals surface area contributed by atoms with Crippen LogP contribution in [0.5, 0.6) is 0 Å². The molecule has 0 amide bonds. The van der Waals surface area contributed by atoms with E-state index >= 15 is 0 Å². The van der Waals surface area contributed by atoms with Gasteiger partial charge in [-0.3, -0.25) is 13.9 Å². The van der Waals surface area contributed by atoms with E-state index < -0.39 is 17.4 Å². The first-order valence-corrected chi connectivity index (χ1v) is 13.8. The van der Waals surface area contributed by atoms with Crippen LogP contribution in [0.15, 0.2) is 57.7 Å². The Morgan fingerprint density at radius 1 is 1.15 bits per heavy atom. The van der Waals surface area contributed by atoms with Crippen LogP contribution in [0.25, 0.3) is 11.2 Å². The maximum Gasteiger partial charge on any atom is 0.418 e. The Morgan fingerprint density at radius 3 is 2.65 bits per heavy atom. The lowest BCUT2D eigenvalue weighted by Gasteiger charge is -2.34. The van der Waals surface area contributed by atoms with Gasteiger partial charge in [0.15, 0.2) is 0 Å². The molecule has 211 valence electrons. The molecule has 0 unspecified atom stereocenters. The summed E-state index contributed by atoms with van der Waals surface area (Å²) in [7, 11) is 3.54. The van der Waals surface area contributed by atoms with Crippen LogP contribution < -0.4 is 5.69 Å². The predicted molar refractivity (Wildman–Crippen MR) is 144 cm³/mol. The minimum Gasteiger partial charge on any atom is -0.383 e. The zero-order valence-electron chi connectivity index (χ0n) is 22.6. The first-order valence-electron chi connectivity index (χ1n) is 13.8. The summed E-state index contributed by atoms with van der Waals surface area (Å²) >= 11 is 0. The van der Waals surface area contributed by atoms with Crippen molar-refractivity contribution in [1.29, 1.82) is 0 Å². The van der Waals surface area contributed by atoms with Gasteiger partial charge in [-0.05, 0) is 72.6 Å². The van der Waals surface area contributed by atoms with Crippen molar-refractivity contribution < 1.29 is 22.5 Å². The maximum absolute atomic E-state index is 14.3. The van der Waals surface area contributed by atoms with Crippen LogP contribution in [0.2, 0.25) is 0 Å². The summed E-state index contributed by atoms with van der Waals surface area (Å²) in [6.07, 6.45) is 5.94. The molecule has 2 fully saturated rings. The van der Waals surface area contributed by atoms with Crippen LogP contribution in [0, 0.1) is 12.1 Å². The molecule has 1 saturated heterocycles. The lowest BCUT2D eigenvalue weighted by atomic mass is 9.71. The van der Waals surface area contributed by atoms with Crippen LogP contribution in [-0.4, -0.2) is 58.1 Å². The molecular weight excluding hydrogens is 521 g/mol. The zero-order chi connectivity index (χ0) is 28.0. The van der Waals surface area contributed by atoms with Gasteiger partial charge in [-0.1, -0.05) is 18.6 Å². The average molecular weight is 555 g/mol. The van der Waals surface area contributed by atoms with Gasteiger partial charge >= 0.3 is 24.4 Å². The summed E-state index contributed by atoms with van der Waals surface area (Å²) in [5, 5.41) is 8.42. The van der Waals surface area contributed by atoms with E-state index in [2.05, 4.69) is 15.1 Å². The van der Waals surface area contributed by atoms with E-state index in [4.69, 9.17) is 4.74 Å². The second-order valence-corrected chi connectivity index (χ2v) is 11.1. The molecule has 1 aliphatic carbocycles. The van der Waals surface area contributed by atoms with Gasteiger partial charge in [-0.2, -0.15) is 13.2 Å². The van der Waals surface area contributed by atoms with Crippen LogP contribution in [-0.2, 0) is 17.5 Å². The minimum atomic E-state index is -4.61. The minimum absolute atomic E-state index is 0.00761. The van der Waals surface area contributed by atoms with E-state index in [1.165, 1.54) is 16.8 Å². The number of ether oxygens (including phenoxy) is 1. The number of imidazole rings is 1. The van der Waals surface area contributed by atoms with Gasteiger partial charge in [0.05, 0.1) is 41.5 Å². The molecule has 40 heavy (non-hydrogen) atoms. The van der Waals surface area contributed by atoms with Gasteiger partial charge in [-0.25, -0.2) is 9.37 Å². The summed E-state index contributed by atoms with van der Waals surface area (Å²) < 4.78 is 52.5. The number of methoxy groups -OCH3 is 1. The number of alkyl halides is 3. The molecule has 3 aliphatic rings. The Balaban J connectivity index is 1.40. The van der Waals surface area contributed by atoms with E-state index in [1.54, 1.807) is 25.7 Å². The fourth-order valence-corrected chi connectivity index (χ4v) is 6.31. The van der Waals surface area contributed by atoms with Gasteiger partial charge in [0, 0.05) is 32.1 Å². The number of likely N-dealkylation sites (tertiary alicyclic amines) is 1. The first-order chi connectivity index (χ1) is 19.2. The number of likely N-dealkylation sites (N-methyl/N-ethyl adjacent to an activating group) is 1. The number of hydrogen-bond donors (Lipinski definition) is 0. The van der Waals surface area contributed by atoms with Crippen molar-refractivity contribution in [2.24, 2.45) is 16.1 Å². The molecule has 4 heterocycles. The molecule has 2 aliphatic heterocycles. The molecule has 11 heteroatoms. The molecular formula is C29H33F3N6O2+. The standard InChI is InChI=1S/C29H33F3N6O2/c1-35-18-33-34-27(35)26(20-6-3-7-20)21-8-4-9-22(13-21)37-16-25-24(29(30,31)32)12-19(15-38(25)28(37)39)14-36-11-5-10-23(36)17-40-2/h4,8-9,12-13,15-16,18,20,23,26H,3,5-7,10-11,14,17H2,1-2H3/q+1/t23-,26+/m1/s1. The van der Waals surface area contributed by atoms with Crippen molar-refractivity contribution in [3.05, 3.63) is 76.1 Å². The molecule has 0 spiro atoms. The highest BCUT2D eigenvalue weighted by molar-refractivity contribution is 5.58. The number of azo groups is 1. The summed E-state index contributed by atoms with van der Waals surface area (Å²) in [6, 6.07) is 8.82. The lowest BCUT2D eigenvalue weighted by Crippen LogP contribution is -2.32. The molecule has 1 radical (unpaired) electrons. The van der Waals surface area contributed by atoms with Crippen molar-refractivity contribution in [3.63, 3.8) is 0 Å². The fourth-order valence-electron chi connectivity index (χ4n) is 6.31. The van der Waals surface area contributed by atoms with E-state index in [9.17, 15) is 18.0 Å². The van der Waals surface area contributed by atoms with E-state index in [0.29, 0.717) is 30.3 Å². The molecule has 1 saturated carbocycles. The maximum atomic E-state index is 14.3. The Hall–Kier alpha value is -3.31. The smallest absolute Gasteiger partial charge is 0.383 e. The summed E-state index contributed by atoms with van der Waals surface area (Å²) in [4.78, 5) is 15.8. The number of fused-ring (bicyclic) bond motifs is 1. The van der Waals surface area contributed by atoms with Gasteiger partial charge < -0.3 is 4.74 Å². The third-order valence-electron chi connectivity index (χ3n) is 8.53. The van der Waals surface area contributed by atoms with Crippen LogP contribution in [0.1, 0.15) is 54.7 Å². The predicted octanol–water partition coefficient (Wildman–Crippen LogP) is 5.23.